The van der Waals surface area contributed by atoms with E-state index < -0.39 is 5.97 Å². The summed E-state index contributed by atoms with van der Waals surface area (Å²) in [5.74, 6) is -0.119. The molecule has 5 nitrogen and oxygen atoms in total. The lowest BCUT2D eigenvalue weighted by atomic mass is 10.3. The third-order valence-corrected chi connectivity index (χ3v) is 1.64. The molecule has 5 heteroatoms. The summed E-state index contributed by atoms with van der Waals surface area (Å²) in [6.45, 7) is 2.01. The van der Waals surface area contributed by atoms with Crippen LogP contribution < -0.4 is 10.5 Å². The van der Waals surface area contributed by atoms with Crippen molar-refractivity contribution >= 4 is 11.7 Å². The largest absolute Gasteiger partial charge is 0.494 e. The lowest BCUT2D eigenvalue weighted by molar-refractivity contribution is 0.0520. The molecule has 0 atom stereocenters. The Morgan fingerprint density at radius 2 is 2.36 bits per heavy atom. The molecule has 14 heavy (non-hydrogen) atoms. The third-order valence-electron chi connectivity index (χ3n) is 1.64. The second-order valence-corrected chi connectivity index (χ2v) is 2.50. The van der Waals surface area contributed by atoms with Crippen molar-refractivity contribution in [3.8, 4) is 5.75 Å². The molecule has 0 amide bonds. The van der Waals surface area contributed by atoms with Gasteiger partial charge in [0.2, 0.25) is 0 Å². The van der Waals surface area contributed by atoms with Crippen LogP contribution in [0.15, 0.2) is 12.3 Å². The molecular weight excluding hydrogens is 184 g/mol. The van der Waals surface area contributed by atoms with Gasteiger partial charge in [0.15, 0.2) is 5.69 Å². The van der Waals surface area contributed by atoms with E-state index in [1.54, 1.807) is 13.0 Å². The fourth-order valence-electron chi connectivity index (χ4n) is 0.996. The first-order valence-electron chi connectivity index (χ1n) is 4.16. The number of esters is 1. The van der Waals surface area contributed by atoms with Gasteiger partial charge in [0.25, 0.3) is 0 Å². The van der Waals surface area contributed by atoms with E-state index in [1.807, 2.05) is 0 Å². The normalized spacial score (nSPS) is 9.57. The van der Waals surface area contributed by atoms with Gasteiger partial charge >= 0.3 is 5.97 Å². The number of carbonyl (C=O) groups is 1. The highest BCUT2D eigenvalue weighted by atomic mass is 16.5. The van der Waals surface area contributed by atoms with Gasteiger partial charge in [-0.1, -0.05) is 0 Å². The van der Waals surface area contributed by atoms with Crippen molar-refractivity contribution in [3.05, 3.63) is 18.0 Å². The van der Waals surface area contributed by atoms with E-state index in [1.165, 1.54) is 13.3 Å². The van der Waals surface area contributed by atoms with E-state index in [0.717, 1.165) is 0 Å². The fourth-order valence-corrected chi connectivity index (χ4v) is 0.996. The van der Waals surface area contributed by atoms with Gasteiger partial charge in [-0.05, 0) is 6.92 Å². The molecule has 0 bridgehead atoms. The molecule has 0 aliphatic heterocycles. The molecule has 0 spiro atoms. The molecule has 1 rings (SSSR count). The number of rotatable bonds is 3. The van der Waals surface area contributed by atoms with Crippen LogP contribution >= 0.6 is 0 Å². The zero-order valence-corrected chi connectivity index (χ0v) is 8.11. The Hall–Kier alpha value is -1.78. The number of hydrogen-bond acceptors (Lipinski definition) is 5. The van der Waals surface area contributed by atoms with Gasteiger partial charge in [0.1, 0.15) is 11.4 Å². The van der Waals surface area contributed by atoms with Gasteiger partial charge in [-0.2, -0.15) is 0 Å². The Bertz CT molecular complexity index is 339. The van der Waals surface area contributed by atoms with E-state index in [0.29, 0.717) is 5.75 Å². The van der Waals surface area contributed by atoms with Crippen LogP contribution in [0.1, 0.15) is 17.4 Å². The predicted octanol–water partition coefficient (Wildman–Crippen LogP) is 0.849. The van der Waals surface area contributed by atoms with Crippen LogP contribution in [0.4, 0.5) is 5.69 Å². The molecule has 0 aliphatic carbocycles. The number of nitrogens with zero attached hydrogens (tertiary/aromatic N) is 1. The smallest absolute Gasteiger partial charge is 0.359 e. The van der Waals surface area contributed by atoms with E-state index in [-0.39, 0.29) is 18.0 Å². The minimum Gasteiger partial charge on any atom is -0.494 e. The van der Waals surface area contributed by atoms with E-state index in [9.17, 15) is 4.79 Å². The van der Waals surface area contributed by atoms with Gasteiger partial charge in [0, 0.05) is 12.3 Å². The van der Waals surface area contributed by atoms with Gasteiger partial charge in [-0.15, -0.1) is 0 Å². The van der Waals surface area contributed by atoms with Gasteiger partial charge in [0.05, 0.1) is 13.7 Å². The Morgan fingerprint density at radius 1 is 1.64 bits per heavy atom. The SMILES string of the molecule is CCOC(=O)c1nccc(OC)c1N. The van der Waals surface area contributed by atoms with E-state index >= 15 is 0 Å². The van der Waals surface area contributed by atoms with E-state index in [2.05, 4.69) is 4.98 Å². The van der Waals surface area contributed by atoms with Crippen LogP contribution in [0.3, 0.4) is 0 Å². The van der Waals surface area contributed by atoms with Crippen LogP contribution in [0.2, 0.25) is 0 Å². The number of ether oxygens (including phenoxy) is 2. The van der Waals surface area contributed by atoms with Gasteiger partial charge in [-0.3, -0.25) is 0 Å². The summed E-state index contributed by atoms with van der Waals surface area (Å²) in [5.41, 5.74) is 5.93. The molecule has 0 aliphatic rings. The molecule has 1 aromatic heterocycles. The van der Waals surface area contributed by atoms with Gasteiger partial charge in [-0.25, -0.2) is 9.78 Å². The maximum absolute atomic E-state index is 11.3. The summed E-state index contributed by atoms with van der Waals surface area (Å²) < 4.78 is 9.71. The molecule has 0 saturated carbocycles. The van der Waals surface area contributed by atoms with Crippen LogP contribution in [0.25, 0.3) is 0 Å². The Balaban J connectivity index is 3.03. The number of nitrogen functional groups attached to an aromatic ring is 1. The van der Waals surface area contributed by atoms with Crippen LogP contribution in [-0.4, -0.2) is 24.7 Å². The van der Waals surface area contributed by atoms with Crippen molar-refractivity contribution in [3.63, 3.8) is 0 Å². The fraction of sp³-hybridized carbons (Fsp3) is 0.333. The van der Waals surface area contributed by atoms with Crippen molar-refractivity contribution in [2.45, 2.75) is 6.92 Å². The molecular formula is C9H12N2O3. The molecule has 0 radical (unpaired) electrons. The standard InChI is InChI=1S/C9H12N2O3/c1-3-14-9(12)8-7(10)6(13-2)4-5-11-8/h4-5H,3,10H2,1-2H3. The number of aromatic nitrogens is 1. The van der Waals surface area contributed by atoms with Crippen LogP contribution in [0.5, 0.6) is 5.75 Å². The minimum absolute atomic E-state index is 0.0891. The lowest BCUT2D eigenvalue weighted by Gasteiger charge is -2.07. The first-order chi connectivity index (χ1) is 6.70. The monoisotopic (exact) mass is 196 g/mol. The maximum atomic E-state index is 11.3. The highest BCUT2D eigenvalue weighted by Crippen LogP contribution is 2.22. The Morgan fingerprint density at radius 3 is 2.93 bits per heavy atom. The highest BCUT2D eigenvalue weighted by Gasteiger charge is 2.15. The van der Waals surface area contributed by atoms with Crippen molar-refractivity contribution < 1.29 is 14.3 Å². The first-order valence-corrected chi connectivity index (χ1v) is 4.16. The molecule has 1 aromatic rings. The summed E-state index contributed by atoms with van der Waals surface area (Å²) >= 11 is 0. The zero-order valence-electron chi connectivity index (χ0n) is 8.11. The summed E-state index contributed by atoms with van der Waals surface area (Å²) in [7, 11) is 1.47. The summed E-state index contributed by atoms with van der Waals surface area (Å²) in [6.07, 6.45) is 1.45. The average Bonchev–Trinajstić information content (AvgIpc) is 2.18. The van der Waals surface area contributed by atoms with Crippen LogP contribution in [0, 0.1) is 0 Å². The second-order valence-electron chi connectivity index (χ2n) is 2.50. The molecule has 1 heterocycles. The van der Waals surface area contributed by atoms with Crippen molar-refractivity contribution in [2.75, 3.05) is 19.5 Å². The molecule has 0 saturated heterocycles. The molecule has 76 valence electrons. The molecule has 2 N–H and O–H groups in total. The molecule has 0 fully saturated rings. The van der Waals surface area contributed by atoms with Crippen molar-refractivity contribution in [2.24, 2.45) is 0 Å². The van der Waals surface area contributed by atoms with E-state index in [4.69, 9.17) is 15.2 Å². The number of carbonyl (C=O) groups excluding carboxylic acids is 1. The van der Waals surface area contributed by atoms with Crippen LogP contribution in [-0.2, 0) is 4.74 Å². The Kier molecular flexibility index (Phi) is 3.28. The lowest BCUT2D eigenvalue weighted by Crippen LogP contribution is -2.11. The number of methoxy groups -OCH3 is 1. The first kappa shape index (κ1) is 10.3. The number of pyridine rings is 1. The summed E-state index contributed by atoms with van der Waals surface area (Å²) in [6, 6.07) is 1.58. The molecule has 0 aromatic carbocycles. The quantitative estimate of drug-likeness (QED) is 0.725. The predicted molar refractivity (Wildman–Crippen MR) is 51.2 cm³/mol. The number of anilines is 1. The summed E-state index contributed by atoms with van der Waals surface area (Å²) in [5, 5.41) is 0. The molecule has 0 unspecified atom stereocenters. The second kappa shape index (κ2) is 4.45. The number of nitrogens with two attached hydrogens (primary N) is 1. The zero-order chi connectivity index (χ0) is 10.6. The maximum Gasteiger partial charge on any atom is 0.359 e. The highest BCUT2D eigenvalue weighted by molar-refractivity contribution is 5.94. The number of hydrogen-bond donors (Lipinski definition) is 1. The Labute approximate surface area is 81.8 Å². The average molecular weight is 196 g/mol. The summed E-state index contributed by atoms with van der Waals surface area (Å²) in [4.78, 5) is 15.1. The minimum atomic E-state index is -0.538. The third kappa shape index (κ3) is 1.93. The van der Waals surface area contributed by atoms with Crippen molar-refractivity contribution in [1.29, 1.82) is 0 Å². The van der Waals surface area contributed by atoms with Gasteiger partial charge < -0.3 is 15.2 Å². The van der Waals surface area contributed by atoms with Crippen molar-refractivity contribution in [1.82, 2.24) is 4.98 Å². The topological polar surface area (TPSA) is 74.4 Å².